The molecule has 154 valence electrons. The van der Waals surface area contributed by atoms with E-state index in [1.807, 2.05) is 6.92 Å². The topological polar surface area (TPSA) is 46.2 Å². The lowest BCUT2D eigenvalue weighted by Crippen LogP contribution is -2.70. The van der Waals surface area contributed by atoms with Gasteiger partial charge in [0.1, 0.15) is 5.82 Å². The molecule has 0 radical (unpaired) electrons. The van der Waals surface area contributed by atoms with Gasteiger partial charge < -0.3 is 14.2 Å². The summed E-state index contributed by atoms with van der Waals surface area (Å²) in [4.78, 5) is 12.0. The van der Waals surface area contributed by atoms with Crippen molar-refractivity contribution in [1.82, 2.24) is 0 Å². The van der Waals surface area contributed by atoms with E-state index in [4.69, 9.17) is 24.0 Å². The number of benzene rings is 1. The minimum Gasteiger partial charge on any atom is -0.348 e. The average Bonchev–Trinajstić information content (AvgIpc) is 2.91. The van der Waals surface area contributed by atoms with E-state index in [1.54, 1.807) is 12.1 Å². The molecule has 1 aliphatic carbocycles. The summed E-state index contributed by atoms with van der Waals surface area (Å²) in [6.45, 7) is 6.77. The van der Waals surface area contributed by atoms with Crippen LogP contribution < -0.4 is 0 Å². The molecule has 0 N–H and O–H groups in total. The number of fused-ring (bicyclic) bond motifs is 2. The molecule has 4 saturated heterocycles. The molecule has 4 aliphatic heterocycles. The molecule has 1 saturated carbocycles. The van der Waals surface area contributed by atoms with Gasteiger partial charge in [0.05, 0.1) is 6.61 Å². The fourth-order valence-electron chi connectivity index (χ4n) is 5.82. The van der Waals surface area contributed by atoms with Crippen LogP contribution in [0.25, 0.3) is 0 Å². The average molecular weight is 392 g/mol. The van der Waals surface area contributed by atoms with E-state index >= 15 is 0 Å². The number of hydrogen-bond donors (Lipinski definition) is 0. The quantitative estimate of drug-likeness (QED) is 0.706. The van der Waals surface area contributed by atoms with Gasteiger partial charge in [0, 0.05) is 18.3 Å². The molecule has 0 aromatic heterocycles. The number of ether oxygens (including phenoxy) is 3. The van der Waals surface area contributed by atoms with E-state index in [1.165, 1.54) is 18.6 Å². The lowest BCUT2D eigenvalue weighted by atomic mass is 9.58. The Bertz CT molecular complexity index is 726. The summed E-state index contributed by atoms with van der Waals surface area (Å²) < 4.78 is 32.0. The Hall–Kier alpha value is -1.05. The van der Waals surface area contributed by atoms with Gasteiger partial charge in [0.2, 0.25) is 5.79 Å². The first-order valence-corrected chi connectivity index (χ1v) is 10.5. The fraction of sp³-hybridized carbons (Fsp3) is 0.727. The number of rotatable bonds is 3. The zero-order valence-corrected chi connectivity index (χ0v) is 16.7. The van der Waals surface area contributed by atoms with Crippen LogP contribution >= 0.6 is 0 Å². The SMILES string of the molecule is C[C@H]1C(OCc2ccc(F)cc2)O[C@@H]2O[C@]3(C)CCC4[C@H](C)CCC1[C@]42OO3. The third-order valence-electron chi connectivity index (χ3n) is 7.42. The van der Waals surface area contributed by atoms with Crippen LogP contribution in [0.3, 0.4) is 0 Å². The highest BCUT2D eigenvalue weighted by atomic mass is 19.1. The molecule has 1 aromatic rings. The van der Waals surface area contributed by atoms with Crippen LogP contribution in [0, 0.1) is 29.5 Å². The van der Waals surface area contributed by atoms with E-state index in [0.717, 1.165) is 24.8 Å². The molecule has 5 fully saturated rings. The van der Waals surface area contributed by atoms with Crippen molar-refractivity contribution in [2.45, 2.75) is 77.0 Å². The lowest BCUT2D eigenvalue weighted by Gasteiger charge is -2.60. The van der Waals surface area contributed by atoms with Crippen LogP contribution in [0.4, 0.5) is 4.39 Å². The van der Waals surface area contributed by atoms with Crippen LogP contribution in [-0.2, 0) is 30.6 Å². The molecule has 1 spiro atoms. The minimum atomic E-state index is -0.778. The maximum atomic E-state index is 13.2. The molecule has 5 aliphatic rings. The Morgan fingerprint density at radius 2 is 1.86 bits per heavy atom. The van der Waals surface area contributed by atoms with Crippen LogP contribution in [0.5, 0.6) is 0 Å². The second-order valence-electron chi connectivity index (χ2n) is 9.21. The number of halogens is 1. The van der Waals surface area contributed by atoms with Crippen LogP contribution in [0.2, 0.25) is 0 Å². The van der Waals surface area contributed by atoms with Crippen molar-refractivity contribution in [3.63, 3.8) is 0 Å². The largest absolute Gasteiger partial charge is 0.348 e. The molecular weight excluding hydrogens is 363 g/mol. The standard InChI is InChI=1S/C22H29FO5/c1-13-4-9-18-14(2)19(24-12-15-5-7-16(23)8-6-15)25-20-22(18)17(13)10-11-21(3,26-20)27-28-22/h5-8,13-14,17-20H,4,9-12H2,1-3H3/t13-,14-,17?,18?,19?,20-,21+,22-/m1/s1. The third-order valence-corrected chi connectivity index (χ3v) is 7.42. The van der Waals surface area contributed by atoms with Crippen LogP contribution in [0.15, 0.2) is 24.3 Å². The zero-order valence-electron chi connectivity index (χ0n) is 16.7. The van der Waals surface area contributed by atoms with Crippen molar-refractivity contribution in [3.05, 3.63) is 35.6 Å². The fourth-order valence-corrected chi connectivity index (χ4v) is 5.82. The summed E-state index contributed by atoms with van der Waals surface area (Å²) in [7, 11) is 0. The first-order chi connectivity index (χ1) is 13.4. The van der Waals surface area contributed by atoms with Gasteiger partial charge in [-0.3, -0.25) is 0 Å². The molecule has 0 amide bonds. The lowest BCUT2D eigenvalue weighted by molar-refractivity contribution is -0.577. The summed E-state index contributed by atoms with van der Waals surface area (Å²) >= 11 is 0. The second kappa shape index (κ2) is 6.74. The van der Waals surface area contributed by atoms with Crippen LogP contribution in [-0.4, -0.2) is 24.0 Å². The van der Waals surface area contributed by atoms with Crippen molar-refractivity contribution >= 4 is 0 Å². The van der Waals surface area contributed by atoms with Crippen LogP contribution in [0.1, 0.15) is 52.0 Å². The zero-order chi connectivity index (χ0) is 19.5. The highest BCUT2D eigenvalue weighted by molar-refractivity contribution is 5.15. The summed E-state index contributed by atoms with van der Waals surface area (Å²) in [5.74, 6) is 0.248. The molecule has 6 rings (SSSR count). The summed E-state index contributed by atoms with van der Waals surface area (Å²) in [6, 6.07) is 6.38. The second-order valence-corrected chi connectivity index (χ2v) is 9.21. The van der Waals surface area contributed by atoms with Gasteiger partial charge in [-0.05, 0) is 55.7 Å². The molecule has 4 heterocycles. The summed E-state index contributed by atoms with van der Waals surface area (Å²) in [5, 5.41) is 0. The third kappa shape index (κ3) is 2.84. The number of hydrogen-bond acceptors (Lipinski definition) is 5. The predicted octanol–water partition coefficient (Wildman–Crippen LogP) is 4.55. The van der Waals surface area contributed by atoms with Gasteiger partial charge in [0.15, 0.2) is 18.2 Å². The molecular formula is C22H29FO5. The monoisotopic (exact) mass is 392 g/mol. The van der Waals surface area contributed by atoms with Gasteiger partial charge >= 0.3 is 0 Å². The molecule has 6 heteroatoms. The van der Waals surface area contributed by atoms with E-state index < -0.39 is 24.0 Å². The Kier molecular flexibility index (Phi) is 4.56. The van der Waals surface area contributed by atoms with E-state index in [0.29, 0.717) is 18.4 Å². The Balaban J connectivity index is 1.40. The van der Waals surface area contributed by atoms with Gasteiger partial charge in [-0.15, -0.1) is 0 Å². The smallest absolute Gasteiger partial charge is 0.201 e. The van der Waals surface area contributed by atoms with Crippen molar-refractivity contribution < 1.29 is 28.4 Å². The Labute approximate surface area is 165 Å². The molecule has 2 bridgehead atoms. The Morgan fingerprint density at radius 3 is 2.64 bits per heavy atom. The van der Waals surface area contributed by atoms with Crippen molar-refractivity contribution in [2.24, 2.45) is 23.7 Å². The van der Waals surface area contributed by atoms with Gasteiger partial charge in [0.25, 0.3) is 0 Å². The highest BCUT2D eigenvalue weighted by Gasteiger charge is 2.69. The van der Waals surface area contributed by atoms with Gasteiger partial charge in [-0.2, -0.15) is 0 Å². The van der Waals surface area contributed by atoms with Gasteiger partial charge in [-0.25, -0.2) is 14.2 Å². The van der Waals surface area contributed by atoms with Crippen molar-refractivity contribution in [2.75, 3.05) is 0 Å². The minimum absolute atomic E-state index is 0.140. The van der Waals surface area contributed by atoms with E-state index in [9.17, 15) is 4.39 Å². The molecule has 3 unspecified atom stereocenters. The highest BCUT2D eigenvalue weighted by Crippen LogP contribution is 2.60. The molecule has 28 heavy (non-hydrogen) atoms. The van der Waals surface area contributed by atoms with Crippen molar-refractivity contribution in [3.8, 4) is 0 Å². The maximum absolute atomic E-state index is 13.2. The maximum Gasteiger partial charge on any atom is 0.201 e. The normalized spacial score (nSPS) is 47.4. The predicted molar refractivity (Wildman–Crippen MR) is 98.0 cm³/mol. The Morgan fingerprint density at radius 1 is 1.07 bits per heavy atom. The summed E-state index contributed by atoms with van der Waals surface area (Å²) in [6.07, 6.45) is 3.12. The first-order valence-electron chi connectivity index (χ1n) is 10.5. The molecule has 8 atom stereocenters. The van der Waals surface area contributed by atoms with E-state index in [-0.39, 0.29) is 17.7 Å². The molecule has 5 nitrogen and oxygen atoms in total. The van der Waals surface area contributed by atoms with E-state index in [2.05, 4.69) is 13.8 Å². The molecule has 1 aromatic carbocycles. The van der Waals surface area contributed by atoms with Crippen molar-refractivity contribution in [1.29, 1.82) is 0 Å². The first kappa shape index (κ1) is 18.9. The summed E-state index contributed by atoms with van der Waals surface area (Å²) in [5.41, 5.74) is 0.352. The van der Waals surface area contributed by atoms with Gasteiger partial charge in [-0.1, -0.05) is 26.0 Å².